The molecule has 3 aromatic rings. The van der Waals surface area contributed by atoms with Crippen LogP contribution in [0.3, 0.4) is 0 Å². The third-order valence-electron chi connectivity index (χ3n) is 6.97. The van der Waals surface area contributed by atoms with Crippen molar-refractivity contribution in [3.05, 3.63) is 88.4 Å². The maximum Gasteiger partial charge on any atom is 0.416 e. The molecule has 0 radical (unpaired) electrons. The van der Waals surface area contributed by atoms with Gasteiger partial charge in [0.25, 0.3) is 0 Å². The lowest BCUT2D eigenvalue weighted by Gasteiger charge is -2.45. The van der Waals surface area contributed by atoms with Gasteiger partial charge in [-0.05, 0) is 54.6 Å². The molecule has 0 spiro atoms. The van der Waals surface area contributed by atoms with Gasteiger partial charge in [-0.1, -0.05) is 23.7 Å². The number of amides is 1. The molecule has 2 aliphatic rings. The van der Waals surface area contributed by atoms with Crippen LogP contribution in [0.2, 0.25) is 5.02 Å². The van der Waals surface area contributed by atoms with Crippen LogP contribution in [-0.4, -0.2) is 54.0 Å². The topological polar surface area (TPSA) is 102 Å². The van der Waals surface area contributed by atoms with E-state index in [4.69, 9.17) is 22.3 Å². The highest BCUT2D eigenvalue weighted by molar-refractivity contribution is 6.30. The van der Waals surface area contributed by atoms with E-state index >= 15 is 0 Å². The van der Waals surface area contributed by atoms with E-state index in [1.54, 1.807) is 12.1 Å². The molecule has 0 saturated carbocycles. The molecule has 0 aromatic heterocycles. The van der Waals surface area contributed by atoms with Crippen molar-refractivity contribution in [3.63, 3.8) is 0 Å². The quantitative estimate of drug-likeness (QED) is 0.431. The number of carbonyl (C=O) groups is 2. The maximum atomic E-state index is 13.7. The van der Waals surface area contributed by atoms with Crippen LogP contribution in [0.1, 0.15) is 33.9 Å². The number of aliphatic carboxylic acids is 1. The SMILES string of the molecule is NC(=O)c1ccc2c(c1)C(CC(=O)O)N(c1cccc(C(F)(F)F)c1)C(N1CCN(c3cccc(Cl)c3)CC1)=N2. The number of nitrogens with two attached hydrogens (primary N) is 1. The van der Waals surface area contributed by atoms with E-state index in [0.717, 1.165) is 17.8 Å². The van der Waals surface area contributed by atoms with Crippen molar-refractivity contribution < 1.29 is 27.9 Å². The molecule has 2 aliphatic heterocycles. The minimum Gasteiger partial charge on any atom is -0.481 e. The Hall–Kier alpha value is -4.25. The number of piperazine rings is 1. The van der Waals surface area contributed by atoms with Crippen LogP contribution in [0.4, 0.5) is 30.2 Å². The summed E-state index contributed by atoms with van der Waals surface area (Å²) in [5.74, 6) is -1.55. The number of hydrogen-bond acceptors (Lipinski definition) is 6. The number of carbonyl (C=O) groups excluding carboxylic acids is 1. The number of rotatable bonds is 5. The van der Waals surface area contributed by atoms with Crippen molar-refractivity contribution in [1.82, 2.24) is 4.90 Å². The van der Waals surface area contributed by atoms with Crippen LogP contribution in [0, 0.1) is 0 Å². The number of hydrogen-bond donors (Lipinski definition) is 2. The van der Waals surface area contributed by atoms with Crippen molar-refractivity contribution in [2.24, 2.45) is 10.7 Å². The summed E-state index contributed by atoms with van der Waals surface area (Å²) in [4.78, 5) is 34.3. The average molecular weight is 572 g/mol. The summed E-state index contributed by atoms with van der Waals surface area (Å²) in [5.41, 5.74) is 6.63. The molecule has 8 nitrogen and oxygen atoms in total. The predicted octanol–water partition coefficient (Wildman–Crippen LogP) is 5.30. The monoisotopic (exact) mass is 571 g/mol. The number of aliphatic imine (C=N–C) groups is 1. The van der Waals surface area contributed by atoms with Crippen LogP contribution >= 0.6 is 11.6 Å². The number of carboxylic acids is 1. The van der Waals surface area contributed by atoms with Crippen LogP contribution in [-0.2, 0) is 11.0 Å². The van der Waals surface area contributed by atoms with Gasteiger partial charge in [0.1, 0.15) is 0 Å². The molecule has 1 atom stereocenters. The van der Waals surface area contributed by atoms with E-state index in [9.17, 15) is 27.9 Å². The van der Waals surface area contributed by atoms with Gasteiger partial charge in [-0.25, -0.2) is 4.99 Å². The van der Waals surface area contributed by atoms with E-state index in [1.165, 1.54) is 29.2 Å². The highest BCUT2D eigenvalue weighted by Gasteiger charge is 2.38. The molecule has 2 heterocycles. The number of nitrogens with zero attached hydrogens (tertiary/aromatic N) is 4. The number of benzene rings is 3. The second kappa shape index (κ2) is 10.7. The first-order valence-electron chi connectivity index (χ1n) is 12.5. The molecule has 12 heteroatoms. The van der Waals surface area contributed by atoms with Gasteiger partial charge in [0.05, 0.1) is 23.7 Å². The highest BCUT2D eigenvalue weighted by Crippen LogP contribution is 2.42. The number of guanidine groups is 1. The highest BCUT2D eigenvalue weighted by atomic mass is 35.5. The lowest BCUT2D eigenvalue weighted by molar-refractivity contribution is -0.138. The zero-order chi connectivity index (χ0) is 28.6. The van der Waals surface area contributed by atoms with Gasteiger partial charge in [0.2, 0.25) is 11.9 Å². The maximum absolute atomic E-state index is 13.7. The summed E-state index contributed by atoms with van der Waals surface area (Å²) in [6, 6.07) is 15.8. The minimum absolute atomic E-state index is 0.132. The van der Waals surface area contributed by atoms with Crippen molar-refractivity contribution in [2.45, 2.75) is 18.6 Å². The van der Waals surface area contributed by atoms with Gasteiger partial charge in [0, 0.05) is 53.7 Å². The largest absolute Gasteiger partial charge is 0.481 e. The van der Waals surface area contributed by atoms with Crippen molar-refractivity contribution >= 4 is 46.5 Å². The van der Waals surface area contributed by atoms with Gasteiger partial charge >= 0.3 is 12.1 Å². The molecule has 5 rings (SSSR count). The predicted molar refractivity (Wildman–Crippen MR) is 146 cm³/mol. The van der Waals surface area contributed by atoms with Gasteiger partial charge in [-0.3, -0.25) is 9.59 Å². The summed E-state index contributed by atoms with van der Waals surface area (Å²) in [5, 5.41) is 10.4. The Morgan fingerprint density at radius 1 is 0.950 bits per heavy atom. The first-order valence-corrected chi connectivity index (χ1v) is 12.9. The molecule has 1 saturated heterocycles. The molecule has 208 valence electrons. The number of alkyl halides is 3. The smallest absolute Gasteiger partial charge is 0.416 e. The number of carboxylic acid groups (broad SMARTS) is 1. The number of fused-ring (bicyclic) bond motifs is 1. The summed E-state index contributed by atoms with van der Waals surface area (Å²) < 4.78 is 41.1. The molecule has 1 amide bonds. The molecule has 0 aliphatic carbocycles. The fraction of sp³-hybridized carbons (Fsp3) is 0.250. The first kappa shape index (κ1) is 27.3. The van der Waals surface area contributed by atoms with E-state index in [2.05, 4.69) is 4.90 Å². The number of halogens is 4. The summed E-state index contributed by atoms with van der Waals surface area (Å²) in [6.07, 6.45) is -5.06. The third-order valence-corrected chi connectivity index (χ3v) is 7.21. The summed E-state index contributed by atoms with van der Waals surface area (Å²) in [6.45, 7) is 2.09. The second-order valence-electron chi connectivity index (χ2n) is 9.54. The Balaban J connectivity index is 1.59. The first-order chi connectivity index (χ1) is 19.0. The zero-order valence-corrected chi connectivity index (χ0v) is 21.9. The Labute approximate surface area is 233 Å². The van der Waals surface area contributed by atoms with E-state index in [1.807, 2.05) is 23.1 Å². The normalized spacial score (nSPS) is 17.4. The molecular formula is C28H25ClF3N5O3. The third kappa shape index (κ3) is 5.55. The summed E-state index contributed by atoms with van der Waals surface area (Å²) in [7, 11) is 0. The van der Waals surface area contributed by atoms with Crippen molar-refractivity contribution in [2.75, 3.05) is 36.0 Å². The molecule has 1 unspecified atom stereocenters. The van der Waals surface area contributed by atoms with Crippen LogP contribution in [0.25, 0.3) is 0 Å². The standard InChI is InChI=1S/C28H25ClF3N5O3/c29-19-4-2-5-20(15-19)35-9-11-36(12-10-35)27-34-23-8-7-17(26(33)40)13-22(23)24(16-25(38)39)37(27)21-6-1-3-18(14-21)28(30,31)32/h1-8,13-15,24H,9-12,16H2,(H2,33,40)(H,38,39). The van der Waals surface area contributed by atoms with Crippen LogP contribution in [0.5, 0.6) is 0 Å². The minimum atomic E-state index is -4.61. The van der Waals surface area contributed by atoms with Crippen molar-refractivity contribution in [1.29, 1.82) is 0 Å². The summed E-state index contributed by atoms with van der Waals surface area (Å²) >= 11 is 6.16. The average Bonchev–Trinajstić information content (AvgIpc) is 2.92. The Morgan fingerprint density at radius 3 is 2.27 bits per heavy atom. The van der Waals surface area contributed by atoms with Gasteiger partial charge in [-0.2, -0.15) is 13.2 Å². The second-order valence-corrected chi connectivity index (χ2v) is 9.97. The van der Waals surface area contributed by atoms with Gasteiger partial charge < -0.3 is 25.5 Å². The molecule has 0 bridgehead atoms. The molecule has 40 heavy (non-hydrogen) atoms. The lowest BCUT2D eigenvalue weighted by Crippen LogP contribution is -2.55. The Bertz CT molecular complexity index is 1490. The van der Waals surface area contributed by atoms with Crippen LogP contribution < -0.4 is 15.5 Å². The number of primary amides is 1. The van der Waals surface area contributed by atoms with E-state index in [-0.39, 0.29) is 11.3 Å². The van der Waals surface area contributed by atoms with Crippen LogP contribution in [0.15, 0.2) is 71.7 Å². The molecule has 3 aromatic carbocycles. The van der Waals surface area contributed by atoms with E-state index in [0.29, 0.717) is 48.4 Å². The fourth-order valence-corrected chi connectivity index (χ4v) is 5.26. The molecule has 1 fully saturated rings. The van der Waals surface area contributed by atoms with Crippen molar-refractivity contribution in [3.8, 4) is 0 Å². The number of anilines is 2. The van der Waals surface area contributed by atoms with E-state index < -0.39 is 36.1 Å². The lowest BCUT2D eigenvalue weighted by atomic mass is 9.95. The zero-order valence-electron chi connectivity index (χ0n) is 21.1. The Kier molecular flexibility index (Phi) is 7.33. The van der Waals surface area contributed by atoms with Gasteiger partial charge in [0.15, 0.2) is 0 Å². The molecular weight excluding hydrogens is 547 g/mol. The molecule has 3 N–H and O–H groups in total. The fourth-order valence-electron chi connectivity index (χ4n) is 5.07. The van der Waals surface area contributed by atoms with Gasteiger partial charge in [-0.15, -0.1) is 0 Å². The Morgan fingerprint density at radius 2 is 1.62 bits per heavy atom.